The van der Waals surface area contributed by atoms with Crippen molar-refractivity contribution in [2.45, 2.75) is 25.7 Å². The van der Waals surface area contributed by atoms with Gasteiger partial charge in [0.1, 0.15) is 0 Å². The van der Waals surface area contributed by atoms with E-state index in [0.717, 1.165) is 6.07 Å². The van der Waals surface area contributed by atoms with E-state index in [2.05, 4.69) is 10.2 Å². The Morgan fingerprint density at radius 3 is 2.00 bits per heavy atom. The van der Waals surface area contributed by atoms with E-state index in [1.807, 2.05) is 0 Å². The van der Waals surface area contributed by atoms with Crippen molar-refractivity contribution >= 4 is 0 Å². The fraction of sp³-hybridized carbons (Fsp3) is 0.286. The SMILES string of the molecule is CCc1ccc(-c2ccc(C(F)(F)F)cc2C(F)(F)F)nn1. The summed E-state index contributed by atoms with van der Waals surface area (Å²) in [5.41, 5.74) is -2.74. The van der Waals surface area contributed by atoms with E-state index in [-0.39, 0.29) is 11.8 Å². The molecule has 0 aliphatic rings. The first-order chi connectivity index (χ1) is 10.1. The summed E-state index contributed by atoms with van der Waals surface area (Å²) in [6.07, 6.45) is -9.23. The topological polar surface area (TPSA) is 25.8 Å². The molecule has 2 nitrogen and oxygen atoms in total. The molecule has 0 unspecified atom stereocenters. The van der Waals surface area contributed by atoms with Gasteiger partial charge in [-0.3, -0.25) is 0 Å². The average Bonchev–Trinajstić information content (AvgIpc) is 2.45. The van der Waals surface area contributed by atoms with E-state index >= 15 is 0 Å². The summed E-state index contributed by atoms with van der Waals surface area (Å²) < 4.78 is 76.9. The van der Waals surface area contributed by atoms with Crippen molar-refractivity contribution in [1.29, 1.82) is 0 Å². The maximum atomic E-state index is 13.0. The van der Waals surface area contributed by atoms with Gasteiger partial charge in [0.15, 0.2) is 0 Å². The second-order valence-corrected chi connectivity index (χ2v) is 4.52. The van der Waals surface area contributed by atoms with Gasteiger partial charge in [-0.1, -0.05) is 13.0 Å². The van der Waals surface area contributed by atoms with E-state index in [9.17, 15) is 26.3 Å². The highest BCUT2D eigenvalue weighted by molar-refractivity contribution is 5.65. The fourth-order valence-electron chi connectivity index (χ4n) is 1.87. The first kappa shape index (κ1) is 16.3. The number of halogens is 6. The van der Waals surface area contributed by atoms with Gasteiger partial charge in [0.05, 0.1) is 22.5 Å². The quantitative estimate of drug-likeness (QED) is 0.747. The van der Waals surface area contributed by atoms with Crippen molar-refractivity contribution in [1.82, 2.24) is 10.2 Å². The van der Waals surface area contributed by atoms with Crippen molar-refractivity contribution in [3.8, 4) is 11.3 Å². The van der Waals surface area contributed by atoms with Crippen molar-refractivity contribution in [2.24, 2.45) is 0 Å². The summed E-state index contributed by atoms with van der Waals surface area (Å²) in [7, 11) is 0. The third kappa shape index (κ3) is 3.37. The van der Waals surface area contributed by atoms with Crippen LogP contribution >= 0.6 is 0 Å². The number of nitrogens with zero attached hydrogens (tertiary/aromatic N) is 2. The molecular weight excluding hydrogens is 310 g/mol. The van der Waals surface area contributed by atoms with Gasteiger partial charge in [-0.05, 0) is 30.7 Å². The monoisotopic (exact) mass is 320 g/mol. The number of hydrogen-bond donors (Lipinski definition) is 0. The summed E-state index contributed by atoms with van der Waals surface area (Å²) in [5, 5.41) is 7.38. The van der Waals surface area contributed by atoms with E-state index in [4.69, 9.17) is 0 Å². The number of benzene rings is 1. The molecule has 0 bridgehead atoms. The molecule has 0 atom stereocenters. The van der Waals surface area contributed by atoms with Gasteiger partial charge in [0.2, 0.25) is 0 Å². The van der Waals surface area contributed by atoms with Crippen LogP contribution in [0.15, 0.2) is 30.3 Å². The summed E-state index contributed by atoms with van der Waals surface area (Å²) in [4.78, 5) is 0. The van der Waals surface area contributed by atoms with E-state index in [1.54, 1.807) is 6.92 Å². The summed E-state index contributed by atoms with van der Waals surface area (Å²) >= 11 is 0. The van der Waals surface area contributed by atoms with Crippen molar-refractivity contribution in [3.05, 3.63) is 47.2 Å². The molecule has 2 rings (SSSR count). The second kappa shape index (κ2) is 5.58. The van der Waals surface area contributed by atoms with Crippen molar-refractivity contribution in [2.75, 3.05) is 0 Å². The first-order valence-electron chi connectivity index (χ1n) is 6.24. The van der Waals surface area contributed by atoms with E-state index in [0.29, 0.717) is 18.2 Å². The van der Waals surface area contributed by atoms with Crippen LogP contribution in [-0.2, 0) is 18.8 Å². The van der Waals surface area contributed by atoms with Gasteiger partial charge in [-0.15, -0.1) is 0 Å². The lowest BCUT2D eigenvalue weighted by molar-refractivity contribution is -0.142. The normalized spacial score (nSPS) is 12.5. The van der Waals surface area contributed by atoms with Crippen LogP contribution in [0.3, 0.4) is 0 Å². The lowest BCUT2D eigenvalue weighted by atomic mass is 10.00. The molecule has 8 heteroatoms. The van der Waals surface area contributed by atoms with Crippen LogP contribution in [0.2, 0.25) is 0 Å². The molecule has 1 heterocycles. The maximum Gasteiger partial charge on any atom is 0.417 e. The molecule has 0 spiro atoms. The Hall–Kier alpha value is -2.12. The molecule has 0 N–H and O–H groups in total. The second-order valence-electron chi connectivity index (χ2n) is 4.52. The zero-order valence-electron chi connectivity index (χ0n) is 11.3. The zero-order chi connectivity index (χ0) is 16.5. The highest BCUT2D eigenvalue weighted by Gasteiger charge is 2.38. The van der Waals surface area contributed by atoms with Crippen LogP contribution in [0.25, 0.3) is 11.3 Å². The Labute approximate surface area is 121 Å². The molecule has 118 valence electrons. The molecule has 0 saturated heterocycles. The molecule has 0 fully saturated rings. The minimum Gasteiger partial charge on any atom is -0.166 e. The predicted molar refractivity (Wildman–Crippen MR) is 66.8 cm³/mol. The number of aromatic nitrogens is 2. The fourth-order valence-corrected chi connectivity index (χ4v) is 1.87. The number of aryl methyl sites for hydroxylation is 1. The molecule has 1 aromatic heterocycles. The Morgan fingerprint density at radius 2 is 1.55 bits per heavy atom. The average molecular weight is 320 g/mol. The smallest absolute Gasteiger partial charge is 0.166 e. The lowest BCUT2D eigenvalue weighted by Crippen LogP contribution is -2.12. The van der Waals surface area contributed by atoms with Crippen molar-refractivity contribution < 1.29 is 26.3 Å². The van der Waals surface area contributed by atoms with Gasteiger partial charge < -0.3 is 0 Å². The minimum absolute atomic E-state index is 0.0880. The van der Waals surface area contributed by atoms with Gasteiger partial charge in [-0.2, -0.15) is 36.5 Å². The lowest BCUT2D eigenvalue weighted by Gasteiger charge is -2.15. The molecule has 0 amide bonds. The summed E-state index contributed by atoms with van der Waals surface area (Å²) in [5.74, 6) is 0. The molecule has 0 radical (unpaired) electrons. The molecule has 22 heavy (non-hydrogen) atoms. The highest BCUT2D eigenvalue weighted by Crippen LogP contribution is 2.40. The Morgan fingerprint density at radius 1 is 0.864 bits per heavy atom. The van der Waals surface area contributed by atoms with Crippen LogP contribution in [0.5, 0.6) is 0 Å². The number of rotatable bonds is 2. The molecule has 0 aliphatic heterocycles. The number of hydrogen-bond acceptors (Lipinski definition) is 2. The maximum absolute atomic E-state index is 13.0. The summed E-state index contributed by atoms with van der Waals surface area (Å²) in [6.45, 7) is 1.79. The minimum atomic E-state index is -4.93. The van der Waals surface area contributed by atoms with Gasteiger partial charge in [-0.25, -0.2) is 0 Å². The molecule has 0 saturated carbocycles. The predicted octanol–water partition coefficient (Wildman–Crippen LogP) is 4.74. The summed E-state index contributed by atoms with van der Waals surface area (Å²) in [6, 6.07) is 4.25. The van der Waals surface area contributed by atoms with E-state index in [1.165, 1.54) is 12.1 Å². The third-order valence-corrected chi connectivity index (χ3v) is 3.01. The van der Waals surface area contributed by atoms with Crippen LogP contribution in [0.4, 0.5) is 26.3 Å². The zero-order valence-corrected chi connectivity index (χ0v) is 11.3. The van der Waals surface area contributed by atoms with Crippen molar-refractivity contribution in [3.63, 3.8) is 0 Å². The van der Waals surface area contributed by atoms with Gasteiger partial charge in [0, 0.05) is 5.56 Å². The number of alkyl halides is 6. The van der Waals surface area contributed by atoms with E-state index < -0.39 is 29.0 Å². The standard InChI is InChI=1S/C14H10F6N2/c1-2-9-4-6-12(22-21-9)10-5-3-8(13(15,16)17)7-11(10)14(18,19)20/h3-7H,2H2,1H3. The van der Waals surface area contributed by atoms with Gasteiger partial charge >= 0.3 is 12.4 Å². The largest absolute Gasteiger partial charge is 0.417 e. The van der Waals surface area contributed by atoms with Crippen LogP contribution < -0.4 is 0 Å². The Balaban J connectivity index is 2.59. The molecule has 1 aromatic carbocycles. The third-order valence-electron chi connectivity index (χ3n) is 3.01. The van der Waals surface area contributed by atoms with Crippen LogP contribution in [0.1, 0.15) is 23.7 Å². The van der Waals surface area contributed by atoms with Crippen LogP contribution in [-0.4, -0.2) is 10.2 Å². The highest BCUT2D eigenvalue weighted by atomic mass is 19.4. The van der Waals surface area contributed by atoms with Gasteiger partial charge in [0.25, 0.3) is 0 Å². The van der Waals surface area contributed by atoms with Crippen LogP contribution in [0, 0.1) is 0 Å². The molecule has 2 aromatic rings. The first-order valence-corrected chi connectivity index (χ1v) is 6.24. The molecule has 0 aliphatic carbocycles. The Kier molecular flexibility index (Phi) is 4.12. The molecular formula is C14H10F6N2. The Bertz CT molecular complexity index is 659.